The summed E-state index contributed by atoms with van der Waals surface area (Å²) in [6, 6.07) is 17.2. The number of piperazine rings is 1. The fourth-order valence-corrected chi connectivity index (χ4v) is 4.19. The normalized spacial score (nSPS) is 17.9. The standard InChI is InChI=1S/C25H28F2N4O4S/c26-23(27)24(36)28-14-21-15-31(25(33)35-21)20-8-6-19(7-9-20)29-10-12-30(13-11-29)22(32)17-34-16-18-4-2-1-3-5-18/h1-9,21,23H,10-17H2,(H,28,36)/t21-/m0/s1. The van der Waals surface area contributed by atoms with E-state index in [1.54, 1.807) is 0 Å². The van der Waals surface area contributed by atoms with Crippen molar-refractivity contribution in [3.05, 3.63) is 60.2 Å². The minimum absolute atomic E-state index is 0.0215. The number of nitrogens with one attached hydrogen (secondary N) is 1. The molecule has 0 radical (unpaired) electrons. The highest BCUT2D eigenvalue weighted by atomic mass is 32.1. The van der Waals surface area contributed by atoms with Crippen LogP contribution in [0.2, 0.25) is 0 Å². The van der Waals surface area contributed by atoms with Crippen molar-refractivity contribution in [3.8, 4) is 0 Å². The number of rotatable bonds is 9. The van der Waals surface area contributed by atoms with Gasteiger partial charge >= 0.3 is 6.09 Å². The SMILES string of the molecule is O=C(COCc1ccccc1)N1CCN(c2ccc(N3C[C@H](CNC(=S)C(F)F)OC3=O)cc2)CC1. The number of carbonyl (C=O) groups is 2. The molecular weight excluding hydrogens is 490 g/mol. The van der Waals surface area contributed by atoms with Gasteiger partial charge in [-0.1, -0.05) is 42.5 Å². The minimum atomic E-state index is -2.74. The number of ether oxygens (including phenoxy) is 2. The molecule has 0 unspecified atom stereocenters. The maximum Gasteiger partial charge on any atom is 0.414 e. The quantitative estimate of drug-likeness (QED) is 0.512. The van der Waals surface area contributed by atoms with Crippen molar-refractivity contribution in [2.45, 2.75) is 19.1 Å². The van der Waals surface area contributed by atoms with Crippen molar-refractivity contribution in [3.63, 3.8) is 0 Å². The summed E-state index contributed by atoms with van der Waals surface area (Å²) >= 11 is 4.55. The molecule has 36 heavy (non-hydrogen) atoms. The third kappa shape index (κ3) is 6.67. The first-order valence-corrected chi connectivity index (χ1v) is 12.1. The highest BCUT2D eigenvalue weighted by Crippen LogP contribution is 2.25. The van der Waals surface area contributed by atoms with E-state index in [2.05, 4.69) is 22.4 Å². The van der Waals surface area contributed by atoms with Crippen molar-refractivity contribution < 1.29 is 27.8 Å². The fraction of sp³-hybridized carbons (Fsp3) is 0.400. The molecule has 0 aromatic heterocycles. The Morgan fingerprint density at radius 2 is 1.72 bits per heavy atom. The summed E-state index contributed by atoms with van der Waals surface area (Å²) in [4.78, 5) is 29.6. The molecule has 4 rings (SSSR count). The van der Waals surface area contributed by atoms with Crippen LogP contribution in [0.25, 0.3) is 0 Å². The third-order valence-corrected chi connectivity index (χ3v) is 6.39. The van der Waals surface area contributed by atoms with Crippen molar-refractivity contribution in [1.82, 2.24) is 10.2 Å². The summed E-state index contributed by atoms with van der Waals surface area (Å²) in [5, 5.41) is 2.43. The molecule has 2 aliphatic heterocycles. The van der Waals surface area contributed by atoms with Crippen LogP contribution in [0.1, 0.15) is 5.56 Å². The monoisotopic (exact) mass is 518 g/mol. The van der Waals surface area contributed by atoms with E-state index < -0.39 is 23.6 Å². The van der Waals surface area contributed by atoms with Gasteiger partial charge in [0.1, 0.15) is 17.7 Å². The van der Waals surface area contributed by atoms with Gasteiger partial charge in [0.2, 0.25) is 5.91 Å². The van der Waals surface area contributed by atoms with Gasteiger partial charge in [-0.05, 0) is 29.8 Å². The number of carbonyl (C=O) groups excluding carboxylic acids is 2. The highest BCUT2D eigenvalue weighted by molar-refractivity contribution is 7.80. The Labute approximate surface area is 213 Å². The Hall–Kier alpha value is -3.31. The topological polar surface area (TPSA) is 74.3 Å². The Bertz CT molecular complexity index is 1050. The van der Waals surface area contributed by atoms with Crippen LogP contribution in [0.3, 0.4) is 0 Å². The van der Waals surface area contributed by atoms with E-state index in [0.29, 0.717) is 38.5 Å². The number of halogens is 2. The molecular formula is C25H28F2N4O4S. The molecule has 0 bridgehead atoms. The van der Waals surface area contributed by atoms with E-state index >= 15 is 0 Å². The summed E-state index contributed by atoms with van der Waals surface area (Å²) in [7, 11) is 0. The molecule has 2 saturated heterocycles. The van der Waals surface area contributed by atoms with Crippen LogP contribution in [-0.2, 0) is 20.9 Å². The molecule has 2 fully saturated rings. The first-order chi connectivity index (χ1) is 17.4. The summed E-state index contributed by atoms with van der Waals surface area (Å²) in [5.41, 5.74) is 2.68. The van der Waals surface area contributed by atoms with Gasteiger partial charge in [-0.25, -0.2) is 13.6 Å². The van der Waals surface area contributed by atoms with Gasteiger partial charge in [-0.15, -0.1) is 0 Å². The van der Waals surface area contributed by atoms with Gasteiger partial charge in [-0.3, -0.25) is 9.69 Å². The Balaban J connectivity index is 1.22. The molecule has 0 saturated carbocycles. The smallest absolute Gasteiger partial charge is 0.414 e. The van der Waals surface area contributed by atoms with Gasteiger partial charge in [0.25, 0.3) is 6.43 Å². The fourth-order valence-electron chi connectivity index (χ4n) is 4.11. The van der Waals surface area contributed by atoms with Crippen molar-refractivity contribution in [2.75, 3.05) is 55.7 Å². The van der Waals surface area contributed by atoms with Crippen LogP contribution < -0.4 is 15.1 Å². The molecule has 11 heteroatoms. The van der Waals surface area contributed by atoms with E-state index in [1.807, 2.05) is 59.5 Å². The summed E-state index contributed by atoms with van der Waals surface area (Å²) in [6.45, 7) is 3.31. The maximum atomic E-state index is 12.5. The molecule has 2 aliphatic rings. The zero-order valence-corrected chi connectivity index (χ0v) is 20.5. The molecule has 2 amide bonds. The average molecular weight is 519 g/mol. The maximum absolute atomic E-state index is 12.5. The van der Waals surface area contributed by atoms with E-state index in [9.17, 15) is 18.4 Å². The molecule has 192 valence electrons. The zero-order valence-electron chi connectivity index (χ0n) is 19.6. The van der Waals surface area contributed by atoms with Crippen molar-refractivity contribution in [2.24, 2.45) is 0 Å². The van der Waals surface area contributed by atoms with E-state index in [4.69, 9.17) is 9.47 Å². The highest BCUT2D eigenvalue weighted by Gasteiger charge is 2.33. The predicted octanol–water partition coefficient (Wildman–Crippen LogP) is 3.06. The number of benzene rings is 2. The van der Waals surface area contributed by atoms with Crippen LogP contribution in [0.15, 0.2) is 54.6 Å². The molecule has 2 aromatic rings. The average Bonchev–Trinajstić information content (AvgIpc) is 3.28. The van der Waals surface area contributed by atoms with E-state index in [-0.39, 0.29) is 25.6 Å². The second kappa shape index (κ2) is 12.1. The number of hydrogen-bond donors (Lipinski definition) is 1. The van der Waals surface area contributed by atoms with E-state index in [0.717, 1.165) is 11.3 Å². The summed E-state index contributed by atoms with van der Waals surface area (Å²) < 4.78 is 35.9. The molecule has 8 nitrogen and oxygen atoms in total. The lowest BCUT2D eigenvalue weighted by Gasteiger charge is -2.36. The van der Waals surface area contributed by atoms with Crippen LogP contribution in [-0.4, -0.2) is 80.3 Å². The molecule has 2 heterocycles. The lowest BCUT2D eigenvalue weighted by molar-refractivity contribution is -0.136. The molecule has 1 atom stereocenters. The molecule has 2 aromatic carbocycles. The molecule has 0 spiro atoms. The first kappa shape index (κ1) is 25.8. The minimum Gasteiger partial charge on any atom is -0.442 e. The van der Waals surface area contributed by atoms with Gasteiger partial charge in [0.05, 0.1) is 19.7 Å². The first-order valence-electron chi connectivity index (χ1n) is 11.7. The zero-order chi connectivity index (χ0) is 25.5. The summed E-state index contributed by atoms with van der Waals surface area (Å²) in [6.07, 6.45) is -3.84. The number of cyclic esters (lactones) is 1. The number of amides is 2. The van der Waals surface area contributed by atoms with E-state index in [1.165, 1.54) is 4.90 Å². The second-order valence-electron chi connectivity index (χ2n) is 8.52. The van der Waals surface area contributed by atoms with Gasteiger partial charge in [0.15, 0.2) is 0 Å². The predicted molar refractivity (Wildman–Crippen MR) is 136 cm³/mol. The molecule has 0 aliphatic carbocycles. The number of hydrogen-bond acceptors (Lipinski definition) is 6. The van der Waals surface area contributed by atoms with Gasteiger partial charge < -0.3 is 24.6 Å². The van der Waals surface area contributed by atoms with Crippen LogP contribution in [0.4, 0.5) is 25.0 Å². The van der Waals surface area contributed by atoms with Gasteiger partial charge in [0, 0.05) is 37.6 Å². The van der Waals surface area contributed by atoms with Crippen LogP contribution >= 0.6 is 12.2 Å². The van der Waals surface area contributed by atoms with Crippen LogP contribution in [0, 0.1) is 0 Å². The second-order valence-corrected chi connectivity index (χ2v) is 8.96. The van der Waals surface area contributed by atoms with Gasteiger partial charge in [-0.2, -0.15) is 0 Å². The Morgan fingerprint density at radius 3 is 2.39 bits per heavy atom. The van der Waals surface area contributed by atoms with Crippen molar-refractivity contribution >= 4 is 40.6 Å². The Morgan fingerprint density at radius 1 is 1.06 bits per heavy atom. The van der Waals surface area contributed by atoms with Crippen LogP contribution in [0.5, 0.6) is 0 Å². The largest absolute Gasteiger partial charge is 0.442 e. The lowest BCUT2D eigenvalue weighted by atomic mass is 10.2. The summed E-state index contributed by atoms with van der Waals surface area (Å²) in [5.74, 6) is -0.0215. The molecule has 1 N–H and O–H groups in total. The number of anilines is 2. The third-order valence-electron chi connectivity index (χ3n) is 6.07. The number of alkyl halides is 2. The van der Waals surface area contributed by atoms with Crippen molar-refractivity contribution in [1.29, 1.82) is 0 Å². The Kier molecular flexibility index (Phi) is 8.65. The lowest BCUT2D eigenvalue weighted by Crippen LogP contribution is -2.49. The number of nitrogens with zero attached hydrogens (tertiary/aromatic N) is 3. The number of thiocarbonyl (C=S) groups is 1.